The maximum absolute atomic E-state index is 12.2. The molecule has 1 heterocycles. The molecule has 1 aromatic carbocycles. The van der Waals surface area contributed by atoms with Crippen LogP contribution in [0.1, 0.15) is 20.3 Å². The van der Waals surface area contributed by atoms with E-state index in [1.807, 2.05) is 6.92 Å². The Morgan fingerprint density at radius 1 is 1.36 bits per heavy atom. The van der Waals surface area contributed by atoms with Crippen LogP contribution in [0.15, 0.2) is 24.3 Å². The van der Waals surface area contributed by atoms with Crippen LogP contribution in [-0.2, 0) is 4.79 Å². The van der Waals surface area contributed by atoms with E-state index in [9.17, 15) is 14.7 Å². The number of imide groups is 1. The summed E-state index contributed by atoms with van der Waals surface area (Å²) in [4.78, 5) is 25.1. The number of carbonyl (C=O) groups excluding carboxylic acids is 2. The molecule has 1 aliphatic rings. The highest BCUT2D eigenvalue weighted by molar-refractivity contribution is 6.30. The first-order chi connectivity index (χ1) is 10.4. The normalized spacial score (nSPS) is 22.6. The van der Waals surface area contributed by atoms with Gasteiger partial charge >= 0.3 is 6.03 Å². The number of nitrogens with zero attached hydrogens (tertiary/aromatic N) is 1. The molecule has 7 heteroatoms. The zero-order valence-electron chi connectivity index (χ0n) is 12.5. The molecule has 0 unspecified atom stereocenters. The third-order valence-corrected chi connectivity index (χ3v) is 3.95. The van der Waals surface area contributed by atoms with Gasteiger partial charge in [-0.2, -0.15) is 0 Å². The van der Waals surface area contributed by atoms with E-state index in [0.717, 1.165) is 4.90 Å². The molecule has 0 spiro atoms. The number of aliphatic hydroxyl groups excluding tert-OH is 1. The highest BCUT2D eigenvalue weighted by atomic mass is 35.5. The van der Waals surface area contributed by atoms with Gasteiger partial charge in [0, 0.05) is 5.02 Å². The lowest BCUT2D eigenvalue weighted by Crippen LogP contribution is -2.44. The zero-order chi connectivity index (χ0) is 16.3. The molecule has 6 nitrogen and oxygen atoms in total. The molecule has 1 aromatic rings. The average molecular weight is 327 g/mol. The van der Waals surface area contributed by atoms with Crippen molar-refractivity contribution in [2.45, 2.75) is 31.9 Å². The Labute approximate surface area is 134 Å². The molecule has 0 radical (unpaired) electrons. The monoisotopic (exact) mass is 326 g/mol. The molecule has 22 heavy (non-hydrogen) atoms. The third kappa shape index (κ3) is 3.51. The molecular formula is C15H19ClN2O4. The SMILES string of the molecule is CC[C@@]1(C)NC(=O)N(C[C@@H](O)COc2ccc(Cl)cc2)C1=O. The van der Waals surface area contributed by atoms with Gasteiger partial charge in [0.05, 0.1) is 6.54 Å². The van der Waals surface area contributed by atoms with Crippen LogP contribution >= 0.6 is 11.6 Å². The Hall–Kier alpha value is -1.79. The Kier molecular flexibility index (Phi) is 4.93. The van der Waals surface area contributed by atoms with Gasteiger partial charge < -0.3 is 15.2 Å². The van der Waals surface area contributed by atoms with E-state index in [2.05, 4.69) is 5.32 Å². The zero-order valence-corrected chi connectivity index (χ0v) is 13.3. The van der Waals surface area contributed by atoms with Crippen molar-refractivity contribution in [3.05, 3.63) is 29.3 Å². The predicted octanol–water partition coefficient (Wildman–Crippen LogP) is 1.80. The van der Waals surface area contributed by atoms with Crippen molar-refractivity contribution < 1.29 is 19.4 Å². The molecule has 3 amide bonds. The van der Waals surface area contributed by atoms with Crippen LogP contribution in [0.3, 0.4) is 0 Å². The molecule has 1 fully saturated rings. The minimum absolute atomic E-state index is 0.0263. The van der Waals surface area contributed by atoms with Crippen LogP contribution in [0.25, 0.3) is 0 Å². The summed E-state index contributed by atoms with van der Waals surface area (Å²) in [5, 5.41) is 13.2. The number of amides is 3. The Balaban J connectivity index is 1.89. The van der Waals surface area contributed by atoms with Gasteiger partial charge in [0.25, 0.3) is 5.91 Å². The molecule has 0 aliphatic carbocycles. The van der Waals surface area contributed by atoms with Crippen molar-refractivity contribution in [2.75, 3.05) is 13.2 Å². The number of benzene rings is 1. The van der Waals surface area contributed by atoms with Crippen molar-refractivity contribution in [1.82, 2.24) is 10.2 Å². The molecule has 0 aromatic heterocycles. The number of carbonyl (C=O) groups is 2. The van der Waals surface area contributed by atoms with Crippen LogP contribution in [0.4, 0.5) is 4.79 Å². The highest BCUT2D eigenvalue weighted by Crippen LogP contribution is 2.21. The molecule has 2 rings (SSSR count). The van der Waals surface area contributed by atoms with E-state index in [-0.39, 0.29) is 19.1 Å². The van der Waals surface area contributed by atoms with Crippen molar-refractivity contribution in [2.24, 2.45) is 0 Å². The summed E-state index contributed by atoms with van der Waals surface area (Å²) in [7, 11) is 0. The molecule has 120 valence electrons. The molecule has 2 N–H and O–H groups in total. The standard InChI is InChI=1S/C15H19ClN2O4/c1-3-15(2)13(20)18(14(21)17-15)8-11(19)9-22-12-6-4-10(16)5-7-12/h4-7,11,19H,3,8-9H2,1-2H3,(H,17,21)/t11-,15-/m1/s1. The summed E-state index contributed by atoms with van der Waals surface area (Å²) in [6, 6.07) is 6.22. The first-order valence-corrected chi connectivity index (χ1v) is 7.44. The first-order valence-electron chi connectivity index (χ1n) is 7.06. The lowest BCUT2D eigenvalue weighted by Gasteiger charge is -2.21. The van der Waals surface area contributed by atoms with E-state index in [0.29, 0.717) is 17.2 Å². The topological polar surface area (TPSA) is 78.9 Å². The minimum Gasteiger partial charge on any atom is -0.491 e. The highest BCUT2D eigenvalue weighted by Gasteiger charge is 2.46. The second-order valence-electron chi connectivity index (χ2n) is 5.45. The second kappa shape index (κ2) is 6.54. The van der Waals surface area contributed by atoms with Crippen LogP contribution in [0.2, 0.25) is 5.02 Å². The summed E-state index contributed by atoms with van der Waals surface area (Å²) in [6.07, 6.45) is -0.476. The summed E-state index contributed by atoms with van der Waals surface area (Å²) in [5.41, 5.74) is -0.895. The number of aliphatic hydroxyl groups is 1. The van der Waals surface area contributed by atoms with Crippen molar-refractivity contribution in [1.29, 1.82) is 0 Å². The van der Waals surface area contributed by atoms with E-state index in [4.69, 9.17) is 16.3 Å². The summed E-state index contributed by atoms with van der Waals surface area (Å²) < 4.78 is 5.40. The largest absolute Gasteiger partial charge is 0.491 e. The number of hydrogen-bond acceptors (Lipinski definition) is 4. The number of β-amino-alcohol motifs (C(OH)–C–C–N with tert-alkyl or cyclic N) is 1. The number of hydrogen-bond donors (Lipinski definition) is 2. The quantitative estimate of drug-likeness (QED) is 0.781. The summed E-state index contributed by atoms with van der Waals surface area (Å²) in [5.74, 6) is 0.226. The van der Waals surface area contributed by atoms with Crippen LogP contribution in [0, 0.1) is 0 Å². The number of halogens is 1. The lowest BCUT2D eigenvalue weighted by molar-refractivity contribution is -0.132. The smallest absolute Gasteiger partial charge is 0.325 e. The van der Waals surface area contributed by atoms with Gasteiger partial charge in [-0.05, 0) is 37.6 Å². The van der Waals surface area contributed by atoms with Gasteiger partial charge in [-0.3, -0.25) is 9.69 Å². The minimum atomic E-state index is -0.968. The number of rotatable bonds is 6. The van der Waals surface area contributed by atoms with Gasteiger partial charge in [0.15, 0.2) is 0 Å². The molecule has 0 bridgehead atoms. The molecular weight excluding hydrogens is 308 g/mol. The van der Waals surface area contributed by atoms with Crippen molar-refractivity contribution in [3.8, 4) is 5.75 Å². The van der Waals surface area contributed by atoms with Crippen molar-refractivity contribution in [3.63, 3.8) is 0 Å². The molecule has 2 atom stereocenters. The Morgan fingerprint density at radius 2 is 2.00 bits per heavy atom. The number of urea groups is 1. The summed E-state index contributed by atoms with van der Waals surface area (Å²) in [6.45, 7) is 3.36. The fourth-order valence-corrected chi connectivity index (χ4v) is 2.27. The molecule has 0 saturated carbocycles. The fourth-order valence-electron chi connectivity index (χ4n) is 2.14. The Bertz CT molecular complexity index is 563. The lowest BCUT2D eigenvalue weighted by atomic mass is 9.99. The maximum Gasteiger partial charge on any atom is 0.325 e. The van der Waals surface area contributed by atoms with E-state index in [1.54, 1.807) is 31.2 Å². The third-order valence-electron chi connectivity index (χ3n) is 3.70. The Morgan fingerprint density at radius 3 is 2.55 bits per heavy atom. The predicted molar refractivity (Wildman–Crippen MR) is 81.9 cm³/mol. The maximum atomic E-state index is 12.2. The van der Waals surface area contributed by atoms with Gasteiger partial charge in [-0.15, -0.1) is 0 Å². The van der Waals surface area contributed by atoms with Crippen molar-refractivity contribution >= 4 is 23.5 Å². The van der Waals surface area contributed by atoms with E-state index in [1.165, 1.54) is 0 Å². The second-order valence-corrected chi connectivity index (χ2v) is 5.89. The van der Waals surface area contributed by atoms with Gasteiger partial charge in [0.1, 0.15) is 24.0 Å². The molecule has 1 saturated heterocycles. The van der Waals surface area contributed by atoms with Gasteiger partial charge in [-0.25, -0.2) is 4.79 Å². The van der Waals surface area contributed by atoms with Crippen LogP contribution < -0.4 is 10.1 Å². The number of nitrogens with one attached hydrogen (secondary N) is 1. The first kappa shape index (κ1) is 16.6. The van der Waals surface area contributed by atoms with Gasteiger partial charge in [0.2, 0.25) is 0 Å². The molecule has 1 aliphatic heterocycles. The van der Waals surface area contributed by atoms with Crippen LogP contribution in [-0.4, -0.2) is 46.7 Å². The van der Waals surface area contributed by atoms with E-state index >= 15 is 0 Å². The fraction of sp³-hybridized carbons (Fsp3) is 0.467. The summed E-state index contributed by atoms with van der Waals surface area (Å²) >= 11 is 5.77. The average Bonchev–Trinajstić information content (AvgIpc) is 2.71. The van der Waals surface area contributed by atoms with Crippen LogP contribution in [0.5, 0.6) is 5.75 Å². The van der Waals surface area contributed by atoms with E-state index < -0.39 is 17.7 Å². The van der Waals surface area contributed by atoms with Gasteiger partial charge in [-0.1, -0.05) is 18.5 Å². The number of ether oxygens (including phenoxy) is 1.